The Morgan fingerprint density at radius 3 is 2.58 bits per heavy atom. The van der Waals surface area contributed by atoms with Crippen LogP contribution >= 0.6 is 11.6 Å². The number of urea groups is 2. The fraction of sp³-hybridized carbons (Fsp3) is 0.500. The standard InChI is InChI=1S/C26H36ClN5O4/c1-5-12-32-21(17-30-13-7-14-31(16-15-30)25(34)28-18(3)4)22(24(33)36-6-2)23(29-26(32)35)19-8-10-20(27)11-9-19/h5,8-11,18,23H,1,6-7,12-17H2,2-4H3,(H,28,34)(H,29,35)/t23-/m1/s1. The fourth-order valence-electron chi connectivity index (χ4n) is 4.43. The molecule has 1 aromatic carbocycles. The minimum absolute atomic E-state index is 0.0622. The molecule has 0 unspecified atom stereocenters. The van der Waals surface area contributed by atoms with E-state index in [-0.39, 0.29) is 31.3 Å². The van der Waals surface area contributed by atoms with E-state index in [9.17, 15) is 14.4 Å². The Bertz CT molecular complexity index is 995. The third-order valence-corrected chi connectivity index (χ3v) is 6.36. The van der Waals surface area contributed by atoms with Crippen LogP contribution in [0.2, 0.25) is 5.02 Å². The molecule has 3 rings (SSSR count). The minimum Gasteiger partial charge on any atom is -0.463 e. The maximum Gasteiger partial charge on any atom is 0.338 e. The monoisotopic (exact) mass is 517 g/mol. The molecule has 0 bridgehead atoms. The lowest BCUT2D eigenvalue weighted by molar-refractivity contribution is -0.139. The number of esters is 1. The van der Waals surface area contributed by atoms with Gasteiger partial charge in [-0.05, 0) is 44.9 Å². The average molecular weight is 518 g/mol. The van der Waals surface area contributed by atoms with E-state index in [4.69, 9.17) is 16.3 Å². The zero-order valence-corrected chi connectivity index (χ0v) is 22.0. The second-order valence-corrected chi connectivity index (χ2v) is 9.57. The van der Waals surface area contributed by atoms with Gasteiger partial charge in [0.05, 0.1) is 18.2 Å². The third kappa shape index (κ3) is 6.79. The molecule has 0 radical (unpaired) electrons. The van der Waals surface area contributed by atoms with Crippen LogP contribution in [-0.2, 0) is 9.53 Å². The third-order valence-electron chi connectivity index (χ3n) is 6.11. The first-order valence-corrected chi connectivity index (χ1v) is 12.7. The van der Waals surface area contributed by atoms with Gasteiger partial charge >= 0.3 is 18.0 Å². The molecule has 0 saturated carbocycles. The van der Waals surface area contributed by atoms with Gasteiger partial charge in [-0.1, -0.05) is 29.8 Å². The second-order valence-electron chi connectivity index (χ2n) is 9.14. The Morgan fingerprint density at radius 1 is 1.22 bits per heavy atom. The molecule has 1 fully saturated rings. The highest BCUT2D eigenvalue weighted by Gasteiger charge is 2.38. The van der Waals surface area contributed by atoms with Gasteiger partial charge in [-0.15, -0.1) is 6.58 Å². The van der Waals surface area contributed by atoms with Crippen molar-refractivity contribution < 1.29 is 19.1 Å². The van der Waals surface area contributed by atoms with Gasteiger partial charge in [0.25, 0.3) is 0 Å². The lowest BCUT2D eigenvalue weighted by atomic mass is 9.94. The quantitative estimate of drug-likeness (QED) is 0.406. The Kier molecular flexibility index (Phi) is 9.78. The first kappa shape index (κ1) is 27.5. The van der Waals surface area contributed by atoms with E-state index in [1.165, 1.54) is 0 Å². The molecule has 2 N–H and O–H groups in total. The van der Waals surface area contributed by atoms with Crippen molar-refractivity contribution in [1.29, 1.82) is 0 Å². The van der Waals surface area contributed by atoms with E-state index in [1.807, 2.05) is 18.7 Å². The Labute approximate surface area is 218 Å². The van der Waals surface area contributed by atoms with Crippen molar-refractivity contribution in [2.75, 3.05) is 45.9 Å². The van der Waals surface area contributed by atoms with Gasteiger partial charge in [0.2, 0.25) is 0 Å². The largest absolute Gasteiger partial charge is 0.463 e. The molecule has 2 aliphatic rings. The van der Waals surface area contributed by atoms with Crippen molar-refractivity contribution >= 4 is 29.6 Å². The number of halogens is 1. The van der Waals surface area contributed by atoms with Gasteiger partial charge in [-0.25, -0.2) is 14.4 Å². The number of nitrogens with zero attached hydrogens (tertiary/aromatic N) is 3. The highest BCUT2D eigenvalue weighted by atomic mass is 35.5. The summed E-state index contributed by atoms with van der Waals surface area (Å²) in [7, 11) is 0. The Balaban J connectivity index is 1.95. The molecular formula is C26H36ClN5O4. The van der Waals surface area contributed by atoms with E-state index in [0.29, 0.717) is 42.5 Å². The molecule has 1 aromatic rings. The summed E-state index contributed by atoms with van der Waals surface area (Å²) >= 11 is 6.08. The van der Waals surface area contributed by atoms with Gasteiger partial charge in [-0.2, -0.15) is 0 Å². The molecule has 1 atom stereocenters. The van der Waals surface area contributed by atoms with Crippen molar-refractivity contribution in [3.63, 3.8) is 0 Å². The van der Waals surface area contributed by atoms with Gasteiger partial charge < -0.3 is 20.3 Å². The van der Waals surface area contributed by atoms with Gasteiger partial charge in [0.1, 0.15) is 0 Å². The van der Waals surface area contributed by atoms with Crippen molar-refractivity contribution in [3.05, 3.63) is 58.8 Å². The highest BCUT2D eigenvalue weighted by Crippen LogP contribution is 2.32. The van der Waals surface area contributed by atoms with E-state index < -0.39 is 12.0 Å². The van der Waals surface area contributed by atoms with E-state index in [0.717, 1.165) is 18.5 Å². The summed E-state index contributed by atoms with van der Waals surface area (Å²) in [6.45, 7) is 12.8. The van der Waals surface area contributed by atoms with Crippen LogP contribution in [0.15, 0.2) is 48.2 Å². The number of nitrogens with one attached hydrogen (secondary N) is 2. The van der Waals surface area contributed by atoms with Crippen LogP contribution in [0.4, 0.5) is 9.59 Å². The van der Waals surface area contributed by atoms with Crippen molar-refractivity contribution in [1.82, 2.24) is 25.3 Å². The predicted molar refractivity (Wildman–Crippen MR) is 140 cm³/mol. The van der Waals surface area contributed by atoms with Crippen LogP contribution in [0.3, 0.4) is 0 Å². The number of rotatable bonds is 8. The molecule has 10 heteroatoms. The van der Waals surface area contributed by atoms with Crippen LogP contribution in [0.25, 0.3) is 0 Å². The SMILES string of the molecule is C=CCN1C(=O)N[C@H](c2ccc(Cl)cc2)C(C(=O)OCC)=C1CN1CCCN(C(=O)NC(C)C)CC1. The number of hydrogen-bond acceptors (Lipinski definition) is 5. The lowest BCUT2D eigenvalue weighted by Crippen LogP contribution is -2.51. The normalized spacial score (nSPS) is 19.1. The van der Waals surface area contributed by atoms with E-state index in [2.05, 4.69) is 22.1 Å². The van der Waals surface area contributed by atoms with Gasteiger partial charge in [0, 0.05) is 56.0 Å². The predicted octanol–water partition coefficient (Wildman–Crippen LogP) is 3.54. The van der Waals surface area contributed by atoms with E-state index >= 15 is 0 Å². The molecule has 0 aromatic heterocycles. The number of carbonyl (C=O) groups excluding carboxylic acids is 3. The van der Waals surface area contributed by atoms with Crippen molar-refractivity contribution in [2.45, 2.75) is 39.3 Å². The summed E-state index contributed by atoms with van der Waals surface area (Å²) in [5.41, 5.74) is 1.70. The summed E-state index contributed by atoms with van der Waals surface area (Å²) in [5, 5.41) is 6.46. The van der Waals surface area contributed by atoms with E-state index in [1.54, 1.807) is 42.2 Å². The zero-order valence-electron chi connectivity index (χ0n) is 21.3. The second kappa shape index (κ2) is 12.8. The molecule has 1 saturated heterocycles. The van der Waals surface area contributed by atoms with Crippen LogP contribution in [0, 0.1) is 0 Å². The number of amides is 4. The van der Waals surface area contributed by atoms with Crippen molar-refractivity contribution in [2.24, 2.45) is 0 Å². The number of hydrogen-bond donors (Lipinski definition) is 2. The molecule has 196 valence electrons. The molecule has 2 aliphatic heterocycles. The number of carbonyl (C=O) groups is 3. The Hall–Kier alpha value is -3.04. The van der Waals surface area contributed by atoms with Crippen LogP contribution < -0.4 is 10.6 Å². The molecule has 36 heavy (non-hydrogen) atoms. The van der Waals surface area contributed by atoms with Crippen LogP contribution in [-0.4, -0.2) is 84.6 Å². The van der Waals surface area contributed by atoms with Crippen LogP contribution in [0.5, 0.6) is 0 Å². The zero-order chi connectivity index (χ0) is 26.2. The molecular weight excluding hydrogens is 482 g/mol. The maximum absolute atomic E-state index is 13.3. The highest BCUT2D eigenvalue weighted by molar-refractivity contribution is 6.30. The smallest absolute Gasteiger partial charge is 0.338 e. The van der Waals surface area contributed by atoms with Crippen LogP contribution in [0.1, 0.15) is 38.8 Å². The summed E-state index contributed by atoms with van der Waals surface area (Å²) in [4.78, 5) is 44.5. The van der Waals surface area contributed by atoms with Crippen molar-refractivity contribution in [3.8, 4) is 0 Å². The topological polar surface area (TPSA) is 94.2 Å². The summed E-state index contributed by atoms with van der Waals surface area (Å²) < 4.78 is 5.44. The number of benzene rings is 1. The van der Waals surface area contributed by atoms with Gasteiger partial charge in [0.15, 0.2) is 0 Å². The summed E-state index contributed by atoms with van der Waals surface area (Å²) in [5.74, 6) is -0.478. The molecule has 2 heterocycles. The minimum atomic E-state index is -0.676. The number of ether oxygens (including phenoxy) is 1. The maximum atomic E-state index is 13.3. The first-order chi connectivity index (χ1) is 17.2. The first-order valence-electron chi connectivity index (χ1n) is 12.4. The molecule has 4 amide bonds. The summed E-state index contributed by atoms with van der Waals surface area (Å²) in [6, 6.07) is 6.05. The Morgan fingerprint density at radius 2 is 1.94 bits per heavy atom. The van der Waals surface area contributed by atoms with Gasteiger partial charge in [-0.3, -0.25) is 9.80 Å². The fourth-order valence-corrected chi connectivity index (χ4v) is 4.56. The molecule has 9 nitrogen and oxygen atoms in total. The lowest BCUT2D eigenvalue weighted by Gasteiger charge is -2.38. The summed E-state index contributed by atoms with van der Waals surface area (Å²) in [6.07, 6.45) is 2.41. The molecule has 0 spiro atoms. The average Bonchev–Trinajstić information content (AvgIpc) is 3.07. The molecule has 0 aliphatic carbocycles.